The van der Waals surface area contributed by atoms with Crippen molar-refractivity contribution in [3.63, 3.8) is 0 Å². The largest absolute Gasteiger partial charge is 0.466 e. The molecule has 106 valence electrons. The molecule has 0 aliphatic heterocycles. The fourth-order valence-electron chi connectivity index (χ4n) is 2.14. The molecule has 0 aliphatic carbocycles. The topological polar surface area (TPSA) is 44.1 Å². The Kier molecular flexibility index (Phi) is 4.93. The van der Waals surface area contributed by atoms with E-state index < -0.39 is 0 Å². The summed E-state index contributed by atoms with van der Waals surface area (Å²) in [4.78, 5) is 11.6. The molecular formula is C16H20N2O2. The number of carbonyl (C=O) groups excluding carboxylic acids is 1. The van der Waals surface area contributed by atoms with Gasteiger partial charge in [-0.2, -0.15) is 5.10 Å². The molecule has 0 aliphatic rings. The van der Waals surface area contributed by atoms with E-state index in [-0.39, 0.29) is 12.4 Å². The van der Waals surface area contributed by atoms with Crippen LogP contribution in [0.4, 0.5) is 0 Å². The van der Waals surface area contributed by atoms with Gasteiger partial charge in [-0.15, -0.1) is 0 Å². The summed E-state index contributed by atoms with van der Waals surface area (Å²) in [6.45, 7) is 5.16. The highest BCUT2D eigenvalue weighted by molar-refractivity contribution is 5.72. The van der Waals surface area contributed by atoms with Crippen LogP contribution in [0.3, 0.4) is 0 Å². The van der Waals surface area contributed by atoms with Crippen LogP contribution >= 0.6 is 0 Å². The minimum atomic E-state index is -0.228. The number of aromatic nitrogens is 2. The van der Waals surface area contributed by atoms with Crippen molar-refractivity contribution >= 4 is 5.97 Å². The van der Waals surface area contributed by atoms with Gasteiger partial charge in [0.1, 0.15) is 0 Å². The lowest BCUT2D eigenvalue weighted by Crippen LogP contribution is -2.08. The second kappa shape index (κ2) is 6.89. The van der Waals surface area contributed by atoms with Crippen molar-refractivity contribution in [2.45, 2.75) is 33.2 Å². The zero-order valence-corrected chi connectivity index (χ0v) is 12.0. The van der Waals surface area contributed by atoms with E-state index in [2.05, 4.69) is 24.2 Å². The first kappa shape index (κ1) is 14.3. The van der Waals surface area contributed by atoms with Crippen molar-refractivity contribution < 1.29 is 9.53 Å². The van der Waals surface area contributed by atoms with Crippen LogP contribution in [-0.4, -0.2) is 22.4 Å². The molecule has 1 heterocycles. The second-order valence-corrected chi connectivity index (χ2v) is 4.59. The minimum absolute atomic E-state index is 0.227. The number of esters is 1. The van der Waals surface area contributed by atoms with Gasteiger partial charge in [0.15, 0.2) is 0 Å². The van der Waals surface area contributed by atoms with Gasteiger partial charge in [0, 0.05) is 6.54 Å². The normalized spacial score (nSPS) is 10.5. The maximum Gasteiger partial charge on any atom is 0.311 e. The summed E-state index contributed by atoms with van der Waals surface area (Å²) in [6, 6.07) is 12.1. The molecule has 0 amide bonds. The summed E-state index contributed by atoms with van der Waals surface area (Å²) in [5.74, 6) is -0.228. The second-order valence-electron chi connectivity index (χ2n) is 4.59. The molecule has 4 heteroatoms. The van der Waals surface area contributed by atoms with Crippen molar-refractivity contribution in [2.75, 3.05) is 6.61 Å². The van der Waals surface area contributed by atoms with Gasteiger partial charge in [-0.3, -0.25) is 9.48 Å². The first-order chi connectivity index (χ1) is 9.74. The molecule has 1 aromatic carbocycles. The van der Waals surface area contributed by atoms with Gasteiger partial charge in [-0.1, -0.05) is 37.3 Å². The fraction of sp³-hybridized carbons (Fsp3) is 0.375. The predicted octanol–water partition coefficient (Wildman–Crippen LogP) is 3.07. The summed E-state index contributed by atoms with van der Waals surface area (Å²) >= 11 is 0. The van der Waals surface area contributed by atoms with Gasteiger partial charge in [-0.25, -0.2) is 0 Å². The van der Waals surface area contributed by atoms with Crippen LogP contribution in [0.5, 0.6) is 0 Å². The van der Waals surface area contributed by atoms with Crippen LogP contribution < -0.4 is 0 Å². The van der Waals surface area contributed by atoms with Crippen LogP contribution in [0.15, 0.2) is 36.4 Å². The average molecular weight is 272 g/mol. The number of ether oxygens (including phenoxy) is 1. The van der Waals surface area contributed by atoms with Crippen LogP contribution in [0.2, 0.25) is 0 Å². The third-order valence-electron chi connectivity index (χ3n) is 2.97. The maximum absolute atomic E-state index is 11.6. The van der Waals surface area contributed by atoms with Crippen molar-refractivity contribution in [3.8, 4) is 11.3 Å². The van der Waals surface area contributed by atoms with Gasteiger partial charge in [0.2, 0.25) is 0 Å². The van der Waals surface area contributed by atoms with Crippen LogP contribution in [0.25, 0.3) is 11.3 Å². The molecule has 1 aromatic heterocycles. The van der Waals surface area contributed by atoms with Crippen LogP contribution in [0, 0.1) is 0 Å². The number of rotatable bonds is 6. The summed E-state index contributed by atoms with van der Waals surface area (Å²) in [6.07, 6.45) is 1.23. The first-order valence-corrected chi connectivity index (χ1v) is 7.02. The van der Waals surface area contributed by atoms with E-state index in [9.17, 15) is 4.79 Å². The van der Waals surface area contributed by atoms with E-state index >= 15 is 0 Å². The Bertz CT molecular complexity index is 561. The zero-order chi connectivity index (χ0) is 14.4. The number of nitrogens with zero attached hydrogens (tertiary/aromatic N) is 2. The minimum Gasteiger partial charge on any atom is -0.466 e. The SMILES string of the molecule is CCCn1nc(CC(=O)OCC)cc1-c1ccccc1. The Morgan fingerprint density at radius 1 is 1.25 bits per heavy atom. The van der Waals surface area contributed by atoms with Gasteiger partial charge in [-0.05, 0) is 25.0 Å². The molecule has 0 N–H and O–H groups in total. The van der Waals surface area contributed by atoms with Crippen molar-refractivity contribution in [1.29, 1.82) is 0 Å². The molecule has 0 atom stereocenters. The number of hydrogen-bond donors (Lipinski definition) is 0. The number of aryl methyl sites for hydroxylation is 1. The first-order valence-electron chi connectivity index (χ1n) is 7.02. The maximum atomic E-state index is 11.6. The quantitative estimate of drug-likeness (QED) is 0.759. The van der Waals surface area contributed by atoms with Gasteiger partial charge < -0.3 is 4.74 Å². The van der Waals surface area contributed by atoms with E-state index in [0.717, 1.165) is 29.9 Å². The van der Waals surface area contributed by atoms with Crippen LogP contribution in [-0.2, 0) is 22.5 Å². The van der Waals surface area contributed by atoms with Crippen molar-refractivity contribution in [3.05, 3.63) is 42.1 Å². The van der Waals surface area contributed by atoms with Gasteiger partial charge in [0.05, 0.1) is 24.4 Å². The molecule has 2 aromatic rings. The molecule has 20 heavy (non-hydrogen) atoms. The number of carbonyl (C=O) groups is 1. The monoisotopic (exact) mass is 272 g/mol. The van der Waals surface area contributed by atoms with Gasteiger partial charge >= 0.3 is 5.97 Å². The van der Waals surface area contributed by atoms with E-state index in [1.807, 2.05) is 35.9 Å². The Hall–Kier alpha value is -2.10. The summed E-state index contributed by atoms with van der Waals surface area (Å²) in [7, 11) is 0. The standard InChI is InChI=1S/C16H20N2O2/c1-3-10-18-15(13-8-6-5-7-9-13)11-14(17-18)12-16(19)20-4-2/h5-9,11H,3-4,10,12H2,1-2H3. The van der Waals surface area contributed by atoms with E-state index in [4.69, 9.17) is 4.74 Å². The highest BCUT2D eigenvalue weighted by Gasteiger charge is 2.12. The molecule has 0 saturated heterocycles. The molecule has 0 fully saturated rings. The van der Waals surface area contributed by atoms with Crippen molar-refractivity contribution in [2.24, 2.45) is 0 Å². The summed E-state index contributed by atoms with van der Waals surface area (Å²) in [5, 5.41) is 4.51. The van der Waals surface area contributed by atoms with E-state index in [0.29, 0.717) is 6.61 Å². The highest BCUT2D eigenvalue weighted by Crippen LogP contribution is 2.21. The third-order valence-corrected chi connectivity index (χ3v) is 2.97. The predicted molar refractivity (Wildman–Crippen MR) is 78.3 cm³/mol. The average Bonchev–Trinajstić information content (AvgIpc) is 2.83. The summed E-state index contributed by atoms with van der Waals surface area (Å²) in [5.41, 5.74) is 2.92. The fourth-order valence-corrected chi connectivity index (χ4v) is 2.14. The Balaban J connectivity index is 2.26. The van der Waals surface area contributed by atoms with E-state index in [1.54, 1.807) is 0 Å². The Morgan fingerprint density at radius 3 is 2.65 bits per heavy atom. The molecule has 0 bridgehead atoms. The lowest BCUT2D eigenvalue weighted by molar-refractivity contribution is -0.142. The van der Waals surface area contributed by atoms with Crippen LogP contribution in [0.1, 0.15) is 26.0 Å². The lowest BCUT2D eigenvalue weighted by atomic mass is 10.1. The molecule has 0 saturated carbocycles. The van der Waals surface area contributed by atoms with E-state index in [1.165, 1.54) is 0 Å². The lowest BCUT2D eigenvalue weighted by Gasteiger charge is -2.05. The zero-order valence-electron chi connectivity index (χ0n) is 12.0. The molecule has 2 rings (SSSR count). The Morgan fingerprint density at radius 2 is 2.00 bits per heavy atom. The van der Waals surface area contributed by atoms with Crippen molar-refractivity contribution in [1.82, 2.24) is 9.78 Å². The number of hydrogen-bond acceptors (Lipinski definition) is 3. The molecule has 4 nitrogen and oxygen atoms in total. The molecular weight excluding hydrogens is 252 g/mol. The smallest absolute Gasteiger partial charge is 0.311 e. The molecule has 0 unspecified atom stereocenters. The van der Waals surface area contributed by atoms with Gasteiger partial charge in [0.25, 0.3) is 0 Å². The molecule has 0 radical (unpaired) electrons. The number of benzene rings is 1. The third kappa shape index (κ3) is 3.47. The Labute approximate surface area is 119 Å². The molecule has 0 spiro atoms. The highest BCUT2D eigenvalue weighted by atomic mass is 16.5. The summed E-state index contributed by atoms with van der Waals surface area (Å²) < 4.78 is 6.93.